The first kappa shape index (κ1) is 18.8. The number of aryl methyl sites for hydroxylation is 1. The largest absolute Gasteiger partial charge is 0.482 e. The van der Waals surface area contributed by atoms with E-state index in [2.05, 4.69) is 31.4 Å². The van der Waals surface area contributed by atoms with Crippen LogP contribution >= 0.6 is 38.9 Å². The van der Waals surface area contributed by atoms with Crippen LogP contribution in [0.3, 0.4) is 0 Å². The Morgan fingerprint density at radius 2 is 2.04 bits per heavy atom. The highest BCUT2D eigenvalue weighted by molar-refractivity contribution is 9.10. The standard InChI is InChI=1S/C18H15BrClN3O2S/c1-11-7-13(19)9-14(20)17(11)25-10-15(24)21-18-23-22-16(26-18)8-12-5-3-2-4-6-12/h2-7,9H,8,10H2,1H3,(H,21,23,24). The van der Waals surface area contributed by atoms with Crippen molar-refractivity contribution in [3.63, 3.8) is 0 Å². The first-order valence-corrected chi connectivity index (χ1v) is 9.74. The van der Waals surface area contributed by atoms with Crippen molar-refractivity contribution >= 4 is 49.9 Å². The van der Waals surface area contributed by atoms with Gasteiger partial charge in [0.15, 0.2) is 6.61 Å². The molecule has 0 atom stereocenters. The van der Waals surface area contributed by atoms with E-state index in [1.165, 1.54) is 11.3 Å². The van der Waals surface area contributed by atoms with Gasteiger partial charge in [-0.15, -0.1) is 10.2 Å². The predicted molar refractivity (Wildman–Crippen MR) is 107 cm³/mol. The molecule has 2 aromatic carbocycles. The Hall–Kier alpha value is -1.96. The molecule has 1 heterocycles. The molecule has 26 heavy (non-hydrogen) atoms. The third-order valence-electron chi connectivity index (χ3n) is 3.45. The van der Waals surface area contributed by atoms with Gasteiger partial charge in [-0.3, -0.25) is 10.1 Å². The predicted octanol–water partition coefficient (Wildman–Crippen LogP) is 4.87. The summed E-state index contributed by atoms with van der Waals surface area (Å²) in [6.07, 6.45) is 0.679. The Balaban J connectivity index is 1.56. The molecule has 0 bridgehead atoms. The number of benzene rings is 2. The Kier molecular flexibility index (Phi) is 6.24. The summed E-state index contributed by atoms with van der Waals surface area (Å²) >= 11 is 10.9. The van der Waals surface area contributed by atoms with Crippen LogP contribution in [0, 0.1) is 6.92 Å². The highest BCUT2D eigenvalue weighted by Crippen LogP contribution is 2.32. The molecule has 1 N–H and O–H groups in total. The Morgan fingerprint density at radius 1 is 1.27 bits per heavy atom. The molecule has 0 spiro atoms. The molecule has 134 valence electrons. The lowest BCUT2D eigenvalue weighted by Gasteiger charge is -2.10. The summed E-state index contributed by atoms with van der Waals surface area (Å²) in [7, 11) is 0. The summed E-state index contributed by atoms with van der Waals surface area (Å²) < 4.78 is 6.41. The second-order valence-corrected chi connectivity index (χ2v) is 7.92. The third kappa shape index (κ3) is 5.03. The summed E-state index contributed by atoms with van der Waals surface area (Å²) in [6.45, 7) is 1.71. The van der Waals surface area contributed by atoms with Gasteiger partial charge < -0.3 is 4.74 Å². The Morgan fingerprint density at radius 3 is 2.77 bits per heavy atom. The number of aromatic nitrogens is 2. The van der Waals surface area contributed by atoms with Crippen molar-refractivity contribution in [3.8, 4) is 5.75 Å². The maximum atomic E-state index is 12.1. The van der Waals surface area contributed by atoms with Crippen LogP contribution in [-0.2, 0) is 11.2 Å². The second-order valence-electron chi connectivity index (χ2n) is 5.53. The van der Waals surface area contributed by atoms with E-state index < -0.39 is 0 Å². The van der Waals surface area contributed by atoms with E-state index in [1.807, 2.05) is 43.3 Å². The van der Waals surface area contributed by atoms with Crippen molar-refractivity contribution < 1.29 is 9.53 Å². The van der Waals surface area contributed by atoms with Gasteiger partial charge in [-0.25, -0.2) is 0 Å². The summed E-state index contributed by atoms with van der Waals surface area (Å²) in [5.74, 6) is 0.179. The first-order chi connectivity index (χ1) is 12.5. The molecular formula is C18H15BrClN3O2S. The van der Waals surface area contributed by atoms with Crippen LogP contribution in [0.5, 0.6) is 5.75 Å². The molecule has 3 aromatic rings. The lowest BCUT2D eigenvalue weighted by molar-refractivity contribution is -0.118. The van der Waals surface area contributed by atoms with Crippen molar-refractivity contribution in [1.29, 1.82) is 0 Å². The van der Waals surface area contributed by atoms with E-state index in [9.17, 15) is 4.79 Å². The molecule has 5 nitrogen and oxygen atoms in total. The van der Waals surface area contributed by atoms with Crippen molar-refractivity contribution in [1.82, 2.24) is 10.2 Å². The van der Waals surface area contributed by atoms with E-state index in [0.29, 0.717) is 22.3 Å². The van der Waals surface area contributed by atoms with Crippen molar-refractivity contribution in [2.24, 2.45) is 0 Å². The maximum absolute atomic E-state index is 12.1. The molecule has 0 fully saturated rings. The smallest absolute Gasteiger partial charge is 0.264 e. The van der Waals surface area contributed by atoms with E-state index in [-0.39, 0.29) is 12.5 Å². The highest BCUT2D eigenvalue weighted by Gasteiger charge is 2.12. The monoisotopic (exact) mass is 451 g/mol. The van der Waals surface area contributed by atoms with Crippen LogP contribution in [0.4, 0.5) is 5.13 Å². The molecule has 0 saturated heterocycles. The van der Waals surface area contributed by atoms with Crippen LogP contribution in [0.1, 0.15) is 16.1 Å². The number of hydrogen-bond acceptors (Lipinski definition) is 5. The van der Waals surface area contributed by atoms with Gasteiger partial charge >= 0.3 is 0 Å². The molecule has 0 saturated carbocycles. The van der Waals surface area contributed by atoms with Crippen LogP contribution in [-0.4, -0.2) is 22.7 Å². The molecule has 0 aliphatic heterocycles. The average Bonchev–Trinajstić information content (AvgIpc) is 3.01. The number of amides is 1. The molecular weight excluding hydrogens is 438 g/mol. The maximum Gasteiger partial charge on any atom is 0.264 e. The zero-order chi connectivity index (χ0) is 18.5. The van der Waals surface area contributed by atoms with Gasteiger partial charge in [0.1, 0.15) is 10.8 Å². The van der Waals surface area contributed by atoms with Crippen molar-refractivity contribution in [2.45, 2.75) is 13.3 Å². The molecule has 0 aliphatic carbocycles. The van der Waals surface area contributed by atoms with E-state index >= 15 is 0 Å². The zero-order valence-electron chi connectivity index (χ0n) is 13.8. The third-order valence-corrected chi connectivity index (χ3v) is 5.03. The zero-order valence-corrected chi connectivity index (χ0v) is 17.0. The van der Waals surface area contributed by atoms with E-state index in [1.54, 1.807) is 6.07 Å². The molecule has 0 unspecified atom stereocenters. The lowest BCUT2D eigenvalue weighted by Crippen LogP contribution is -2.20. The van der Waals surface area contributed by atoms with Crippen LogP contribution in [0.15, 0.2) is 46.9 Å². The number of carbonyl (C=O) groups excluding carboxylic acids is 1. The minimum Gasteiger partial charge on any atom is -0.482 e. The van der Waals surface area contributed by atoms with Crippen LogP contribution in [0.25, 0.3) is 0 Å². The molecule has 1 amide bonds. The number of carbonyl (C=O) groups is 1. The number of nitrogens with one attached hydrogen (secondary N) is 1. The highest BCUT2D eigenvalue weighted by atomic mass is 79.9. The van der Waals surface area contributed by atoms with Crippen molar-refractivity contribution in [3.05, 3.63) is 68.1 Å². The second kappa shape index (κ2) is 8.62. The van der Waals surface area contributed by atoms with Gasteiger partial charge in [0.05, 0.1) is 5.02 Å². The average molecular weight is 453 g/mol. The molecule has 8 heteroatoms. The fraction of sp³-hybridized carbons (Fsp3) is 0.167. The number of nitrogens with zero attached hydrogens (tertiary/aromatic N) is 2. The number of rotatable bonds is 6. The Labute approximate surface area is 168 Å². The van der Waals surface area contributed by atoms with Gasteiger partial charge in [-0.2, -0.15) is 0 Å². The van der Waals surface area contributed by atoms with Gasteiger partial charge in [0.25, 0.3) is 5.91 Å². The minimum absolute atomic E-state index is 0.157. The van der Waals surface area contributed by atoms with Gasteiger partial charge in [-0.05, 0) is 30.2 Å². The van der Waals surface area contributed by atoms with Crippen LogP contribution in [0.2, 0.25) is 5.02 Å². The topological polar surface area (TPSA) is 64.1 Å². The fourth-order valence-corrected chi connectivity index (χ4v) is 4.13. The SMILES string of the molecule is Cc1cc(Br)cc(Cl)c1OCC(=O)Nc1nnc(Cc2ccccc2)s1. The van der Waals surface area contributed by atoms with Crippen LogP contribution < -0.4 is 10.1 Å². The molecule has 3 rings (SSSR count). The van der Waals surface area contributed by atoms with Gasteiger partial charge in [-0.1, -0.05) is 69.2 Å². The number of hydrogen-bond donors (Lipinski definition) is 1. The van der Waals surface area contributed by atoms with Gasteiger partial charge in [0, 0.05) is 10.9 Å². The Bertz CT molecular complexity index is 895. The minimum atomic E-state index is -0.314. The molecule has 1 aromatic heterocycles. The number of ether oxygens (including phenoxy) is 1. The normalized spacial score (nSPS) is 10.6. The summed E-state index contributed by atoms with van der Waals surface area (Å²) in [4.78, 5) is 12.1. The van der Waals surface area contributed by atoms with Crippen molar-refractivity contribution in [2.75, 3.05) is 11.9 Å². The van der Waals surface area contributed by atoms with E-state index in [0.717, 1.165) is 20.6 Å². The quantitative estimate of drug-likeness (QED) is 0.579. The first-order valence-electron chi connectivity index (χ1n) is 7.76. The number of anilines is 1. The summed E-state index contributed by atoms with van der Waals surface area (Å²) in [5.41, 5.74) is 1.99. The fourth-order valence-electron chi connectivity index (χ4n) is 2.31. The molecule has 0 radical (unpaired) electrons. The number of halogens is 2. The summed E-state index contributed by atoms with van der Waals surface area (Å²) in [5, 5.41) is 12.5. The summed E-state index contributed by atoms with van der Waals surface area (Å²) in [6, 6.07) is 13.6. The molecule has 0 aliphatic rings. The van der Waals surface area contributed by atoms with Gasteiger partial charge in [0.2, 0.25) is 5.13 Å². The lowest BCUT2D eigenvalue weighted by atomic mass is 10.2. The van der Waals surface area contributed by atoms with E-state index in [4.69, 9.17) is 16.3 Å².